The first kappa shape index (κ1) is 16.3. The number of nitrogens with two attached hydrogens (primary N) is 1. The number of ether oxygens (including phenoxy) is 1. The quantitative estimate of drug-likeness (QED) is 0.884. The number of carbonyl (C=O) groups excluding carboxylic acids is 1. The van der Waals surface area contributed by atoms with Crippen LogP contribution in [0.2, 0.25) is 0 Å². The number of carbonyl (C=O) groups is 1. The summed E-state index contributed by atoms with van der Waals surface area (Å²) >= 11 is 3.46. The van der Waals surface area contributed by atoms with Gasteiger partial charge in [0, 0.05) is 13.1 Å². The smallest absolute Gasteiger partial charge is 0.263 e. The van der Waals surface area contributed by atoms with Gasteiger partial charge in [0.2, 0.25) is 0 Å². The van der Waals surface area contributed by atoms with Crippen LogP contribution in [0.5, 0.6) is 5.75 Å². The highest BCUT2D eigenvalue weighted by Crippen LogP contribution is 2.27. The minimum Gasteiger partial charge on any atom is -0.479 e. The van der Waals surface area contributed by atoms with E-state index in [4.69, 9.17) is 10.5 Å². The Kier molecular flexibility index (Phi) is 5.65. The van der Waals surface area contributed by atoms with Gasteiger partial charge in [-0.05, 0) is 52.9 Å². The number of amides is 1. The lowest BCUT2D eigenvalue weighted by molar-refractivity contribution is -0.139. The number of hydrogen-bond acceptors (Lipinski definition) is 3. The van der Waals surface area contributed by atoms with Crippen molar-refractivity contribution in [2.45, 2.75) is 26.4 Å². The molecule has 1 aromatic rings. The molecule has 0 aromatic heterocycles. The summed E-state index contributed by atoms with van der Waals surface area (Å²) in [5.41, 5.74) is 5.70. The van der Waals surface area contributed by atoms with Gasteiger partial charge < -0.3 is 15.4 Å². The molecular formula is C16H23BrN2O2. The summed E-state index contributed by atoms with van der Waals surface area (Å²) in [5.74, 6) is 1.31. The average molecular weight is 355 g/mol. The molecule has 21 heavy (non-hydrogen) atoms. The molecular weight excluding hydrogens is 332 g/mol. The van der Waals surface area contributed by atoms with E-state index in [9.17, 15) is 4.79 Å². The zero-order valence-electron chi connectivity index (χ0n) is 12.6. The first-order valence-corrected chi connectivity index (χ1v) is 8.22. The maximum absolute atomic E-state index is 12.7. The second kappa shape index (κ2) is 7.27. The fraction of sp³-hybridized carbons (Fsp3) is 0.562. The van der Waals surface area contributed by atoms with Crippen LogP contribution >= 0.6 is 15.9 Å². The molecule has 0 bridgehead atoms. The van der Waals surface area contributed by atoms with E-state index in [1.54, 1.807) is 0 Å². The van der Waals surface area contributed by atoms with Crippen LogP contribution in [-0.2, 0) is 4.79 Å². The van der Waals surface area contributed by atoms with E-state index in [2.05, 4.69) is 15.9 Å². The van der Waals surface area contributed by atoms with Gasteiger partial charge in [-0.2, -0.15) is 0 Å². The largest absolute Gasteiger partial charge is 0.479 e. The van der Waals surface area contributed by atoms with Gasteiger partial charge >= 0.3 is 0 Å². The average Bonchev–Trinajstić information content (AvgIpc) is 2.94. The van der Waals surface area contributed by atoms with Crippen molar-refractivity contribution < 1.29 is 9.53 Å². The summed E-state index contributed by atoms with van der Waals surface area (Å²) in [6.45, 7) is 6.19. The van der Waals surface area contributed by atoms with E-state index >= 15 is 0 Å². The molecule has 2 atom stereocenters. The normalized spacial score (nSPS) is 19.9. The molecule has 1 heterocycles. The predicted molar refractivity (Wildman–Crippen MR) is 87.1 cm³/mol. The van der Waals surface area contributed by atoms with E-state index in [0.717, 1.165) is 24.0 Å². The third kappa shape index (κ3) is 3.98. The maximum atomic E-state index is 12.7. The van der Waals surface area contributed by atoms with E-state index in [1.165, 1.54) is 0 Å². The molecule has 116 valence electrons. The highest BCUT2D eigenvalue weighted by atomic mass is 79.9. The minimum absolute atomic E-state index is 0.0664. The first-order valence-electron chi connectivity index (χ1n) is 7.43. The van der Waals surface area contributed by atoms with Crippen LogP contribution in [0.25, 0.3) is 0 Å². The van der Waals surface area contributed by atoms with E-state index < -0.39 is 6.10 Å². The van der Waals surface area contributed by atoms with Crippen molar-refractivity contribution in [1.82, 2.24) is 4.90 Å². The van der Waals surface area contributed by atoms with Crippen LogP contribution in [0.15, 0.2) is 28.7 Å². The zero-order valence-corrected chi connectivity index (χ0v) is 14.2. The Labute approximate surface area is 134 Å². The highest BCUT2D eigenvalue weighted by Gasteiger charge is 2.33. The van der Waals surface area contributed by atoms with Crippen LogP contribution in [0.3, 0.4) is 0 Å². The molecule has 0 unspecified atom stereocenters. The van der Waals surface area contributed by atoms with Crippen LogP contribution < -0.4 is 10.5 Å². The van der Waals surface area contributed by atoms with Crippen molar-refractivity contribution in [2.75, 3.05) is 19.6 Å². The van der Waals surface area contributed by atoms with Gasteiger partial charge in [0.25, 0.3) is 5.91 Å². The third-order valence-electron chi connectivity index (χ3n) is 3.87. The Balaban J connectivity index is 2.09. The highest BCUT2D eigenvalue weighted by molar-refractivity contribution is 9.10. The summed E-state index contributed by atoms with van der Waals surface area (Å²) in [5, 5.41) is 0. The van der Waals surface area contributed by atoms with E-state index in [-0.39, 0.29) is 11.8 Å². The Morgan fingerprint density at radius 3 is 2.76 bits per heavy atom. The van der Waals surface area contributed by atoms with E-state index in [1.807, 2.05) is 43.0 Å². The second-order valence-corrected chi connectivity index (χ2v) is 6.74. The summed E-state index contributed by atoms with van der Waals surface area (Å²) in [6.07, 6.45) is 0.530. The lowest BCUT2D eigenvalue weighted by Gasteiger charge is -2.27. The van der Waals surface area contributed by atoms with Crippen molar-refractivity contribution in [3.8, 4) is 5.75 Å². The molecule has 0 aliphatic carbocycles. The molecule has 2 N–H and O–H groups in total. The fourth-order valence-electron chi connectivity index (χ4n) is 2.55. The molecule has 0 spiro atoms. The van der Waals surface area contributed by atoms with Gasteiger partial charge in [0.05, 0.1) is 4.47 Å². The van der Waals surface area contributed by atoms with Crippen molar-refractivity contribution >= 4 is 21.8 Å². The summed E-state index contributed by atoms with van der Waals surface area (Å²) in [6, 6.07) is 7.62. The topological polar surface area (TPSA) is 55.6 Å². The van der Waals surface area contributed by atoms with Crippen LogP contribution in [0.4, 0.5) is 0 Å². The Morgan fingerprint density at radius 1 is 1.48 bits per heavy atom. The number of hydrogen-bond donors (Lipinski definition) is 1. The van der Waals surface area contributed by atoms with Crippen molar-refractivity contribution in [3.05, 3.63) is 28.7 Å². The molecule has 0 saturated carbocycles. The standard InChI is InChI=1S/C16H23BrN2O2/c1-11(2)15(21-14-6-4-3-5-13(14)17)16(20)19-8-7-12(9-18)10-19/h3-6,11-12,15H,7-10,18H2,1-2H3/t12-,15+/m1/s1. The third-order valence-corrected chi connectivity index (χ3v) is 4.53. The van der Waals surface area contributed by atoms with Crippen molar-refractivity contribution in [1.29, 1.82) is 0 Å². The molecule has 4 nitrogen and oxygen atoms in total. The summed E-state index contributed by atoms with van der Waals surface area (Å²) in [4.78, 5) is 14.6. The first-order chi connectivity index (χ1) is 10.0. The Morgan fingerprint density at radius 2 is 2.19 bits per heavy atom. The molecule has 1 aliphatic heterocycles. The number of benzene rings is 1. The molecule has 1 saturated heterocycles. The zero-order chi connectivity index (χ0) is 15.4. The van der Waals surface area contributed by atoms with Gasteiger partial charge in [0.1, 0.15) is 5.75 Å². The SMILES string of the molecule is CC(C)[C@H](Oc1ccccc1Br)C(=O)N1CC[C@H](CN)C1. The van der Waals surface area contributed by atoms with Gasteiger partial charge in [0.15, 0.2) is 6.10 Å². The molecule has 2 rings (SSSR count). The van der Waals surface area contributed by atoms with Crippen molar-refractivity contribution in [2.24, 2.45) is 17.6 Å². The monoisotopic (exact) mass is 354 g/mol. The number of nitrogens with zero attached hydrogens (tertiary/aromatic N) is 1. The lowest BCUT2D eigenvalue weighted by Crippen LogP contribution is -2.44. The maximum Gasteiger partial charge on any atom is 0.263 e. The summed E-state index contributed by atoms with van der Waals surface area (Å²) < 4.78 is 6.85. The Hall–Kier alpha value is -1.07. The predicted octanol–water partition coefficient (Wildman–Crippen LogP) is 2.66. The van der Waals surface area contributed by atoms with Gasteiger partial charge in [-0.15, -0.1) is 0 Å². The van der Waals surface area contributed by atoms with Crippen LogP contribution in [-0.4, -0.2) is 36.5 Å². The van der Waals surface area contributed by atoms with Gasteiger partial charge in [-0.1, -0.05) is 26.0 Å². The van der Waals surface area contributed by atoms with Gasteiger partial charge in [-0.25, -0.2) is 0 Å². The molecule has 1 amide bonds. The molecule has 1 aliphatic rings. The fourth-order valence-corrected chi connectivity index (χ4v) is 2.93. The number of likely N-dealkylation sites (tertiary alicyclic amines) is 1. The number of rotatable bonds is 5. The lowest BCUT2D eigenvalue weighted by atomic mass is 10.1. The molecule has 1 fully saturated rings. The molecule has 0 radical (unpaired) electrons. The number of halogens is 1. The van der Waals surface area contributed by atoms with E-state index in [0.29, 0.717) is 18.2 Å². The second-order valence-electron chi connectivity index (χ2n) is 5.89. The van der Waals surface area contributed by atoms with Crippen LogP contribution in [0, 0.1) is 11.8 Å². The summed E-state index contributed by atoms with van der Waals surface area (Å²) in [7, 11) is 0. The Bertz CT molecular complexity index is 493. The van der Waals surface area contributed by atoms with Gasteiger partial charge in [-0.3, -0.25) is 4.79 Å². The number of para-hydroxylation sites is 1. The van der Waals surface area contributed by atoms with Crippen LogP contribution in [0.1, 0.15) is 20.3 Å². The minimum atomic E-state index is -0.458. The molecule has 1 aromatic carbocycles. The van der Waals surface area contributed by atoms with Crippen molar-refractivity contribution in [3.63, 3.8) is 0 Å². The molecule has 5 heteroatoms.